The molecule has 3 N–H and O–H groups in total. The molecule has 20 heavy (non-hydrogen) atoms. The number of pyridine rings is 1. The Morgan fingerprint density at radius 3 is 2.65 bits per heavy atom. The van der Waals surface area contributed by atoms with Crippen LogP contribution >= 0.6 is 0 Å². The number of rotatable bonds is 6. The molecule has 0 spiro atoms. The number of hydrogen-bond acceptors (Lipinski definition) is 5. The van der Waals surface area contributed by atoms with Gasteiger partial charge in [0, 0.05) is 25.0 Å². The maximum Gasteiger partial charge on any atom is 0.279 e. The minimum absolute atomic E-state index is 0.0213. The summed E-state index contributed by atoms with van der Waals surface area (Å²) in [6, 6.07) is 3.59. The molecule has 2 rings (SSSR count). The lowest BCUT2D eigenvalue weighted by atomic mass is 10.2. The summed E-state index contributed by atoms with van der Waals surface area (Å²) in [5.74, 6) is 0. The van der Waals surface area contributed by atoms with E-state index < -0.39 is 10.0 Å². The summed E-state index contributed by atoms with van der Waals surface area (Å²) in [5.41, 5.74) is 1.30. The molecule has 0 radical (unpaired) electrons. The number of aromatic nitrogens is 3. The van der Waals surface area contributed by atoms with E-state index in [1.807, 2.05) is 13.8 Å². The summed E-state index contributed by atoms with van der Waals surface area (Å²) in [7, 11) is -3.67. The quantitative estimate of drug-likeness (QED) is 0.741. The predicted octanol–water partition coefficient (Wildman–Crippen LogP) is 1.10. The first kappa shape index (κ1) is 14.5. The molecule has 0 atom stereocenters. The lowest BCUT2D eigenvalue weighted by Gasteiger charge is -2.09. The van der Waals surface area contributed by atoms with Gasteiger partial charge in [-0.15, -0.1) is 0 Å². The second-order valence-electron chi connectivity index (χ2n) is 4.63. The highest BCUT2D eigenvalue weighted by atomic mass is 32.2. The molecule has 108 valence electrons. The van der Waals surface area contributed by atoms with Gasteiger partial charge in [-0.25, -0.2) is 4.98 Å². The van der Waals surface area contributed by atoms with Gasteiger partial charge in [0.1, 0.15) is 0 Å². The van der Waals surface area contributed by atoms with Gasteiger partial charge in [-0.1, -0.05) is 19.9 Å². The Morgan fingerprint density at radius 1 is 1.30 bits per heavy atom. The zero-order valence-corrected chi connectivity index (χ0v) is 12.1. The number of aromatic amines is 1. The van der Waals surface area contributed by atoms with E-state index in [-0.39, 0.29) is 5.03 Å². The van der Waals surface area contributed by atoms with Gasteiger partial charge in [-0.2, -0.15) is 13.5 Å². The Hall–Kier alpha value is -1.93. The van der Waals surface area contributed by atoms with Crippen molar-refractivity contribution >= 4 is 15.7 Å². The lowest BCUT2D eigenvalue weighted by Crippen LogP contribution is -2.22. The van der Waals surface area contributed by atoms with Crippen molar-refractivity contribution in [3.05, 3.63) is 36.3 Å². The molecule has 0 unspecified atom stereocenters. The average molecular weight is 295 g/mol. The molecule has 2 aromatic rings. The molecule has 0 fully saturated rings. The minimum Gasteiger partial charge on any atom is -0.310 e. The average Bonchev–Trinajstić information content (AvgIpc) is 2.89. The molecule has 8 heteroatoms. The van der Waals surface area contributed by atoms with Crippen LogP contribution in [0.2, 0.25) is 0 Å². The van der Waals surface area contributed by atoms with Crippen molar-refractivity contribution in [2.75, 3.05) is 4.72 Å². The van der Waals surface area contributed by atoms with Gasteiger partial charge in [-0.05, 0) is 11.6 Å². The smallest absolute Gasteiger partial charge is 0.279 e. The van der Waals surface area contributed by atoms with E-state index in [2.05, 4.69) is 25.2 Å². The third-order valence-corrected chi connectivity index (χ3v) is 3.83. The van der Waals surface area contributed by atoms with E-state index in [0.29, 0.717) is 18.3 Å². The van der Waals surface area contributed by atoms with Gasteiger partial charge >= 0.3 is 0 Å². The highest BCUT2D eigenvalue weighted by Crippen LogP contribution is 2.12. The van der Waals surface area contributed by atoms with E-state index in [1.165, 1.54) is 18.5 Å². The summed E-state index contributed by atoms with van der Waals surface area (Å²) in [4.78, 5) is 3.99. The molecule has 0 saturated heterocycles. The van der Waals surface area contributed by atoms with E-state index >= 15 is 0 Å². The number of H-pyrrole nitrogens is 1. The zero-order chi connectivity index (χ0) is 14.6. The molecular weight excluding hydrogens is 278 g/mol. The summed E-state index contributed by atoms with van der Waals surface area (Å²) < 4.78 is 26.5. The van der Waals surface area contributed by atoms with Crippen LogP contribution in [0.25, 0.3) is 0 Å². The second kappa shape index (κ2) is 6.02. The van der Waals surface area contributed by atoms with Gasteiger partial charge in [0.05, 0.1) is 11.9 Å². The standard InChI is InChI=1S/C12H17N5O2S/c1-9(2)13-5-10-3-4-12(14-6-10)20(18,19)17-11-7-15-16-8-11/h3-4,6-9,13,17H,5H2,1-2H3,(H,15,16). The van der Waals surface area contributed by atoms with Crippen molar-refractivity contribution in [1.82, 2.24) is 20.5 Å². The third-order valence-electron chi connectivity index (χ3n) is 2.54. The first-order valence-electron chi connectivity index (χ1n) is 6.17. The van der Waals surface area contributed by atoms with Crippen LogP contribution in [0, 0.1) is 0 Å². The van der Waals surface area contributed by atoms with Crippen molar-refractivity contribution in [2.24, 2.45) is 0 Å². The molecular formula is C12H17N5O2S. The third kappa shape index (κ3) is 3.78. The van der Waals surface area contributed by atoms with Gasteiger partial charge < -0.3 is 5.32 Å². The first-order valence-corrected chi connectivity index (χ1v) is 7.65. The minimum atomic E-state index is -3.67. The second-order valence-corrected chi connectivity index (χ2v) is 6.26. The van der Waals surface area contributed by atoms with Crippen molar-refractivity contribution in [3.8, 4) is 0 Å². The maximum atomic E-state index is 12.0. The van der Waals surface area contributed by atoms with Crippen LogP contribution in [0.1, 0.15) is 19.4 Å². The normalized spacial score (nSPS) is 11.8. The van der Waals surface area contributed by atoms with Gasteiger partial charge in [0.2, 0.25) is 0 Å². The molecule has 0 aliphatic carbocycles. The van der Waals surface area contributed by atoms with Crippen molar-refractivity contribution < 1.29 is 8.42 Å². The highest BCUT2D eigenvalue weighted by molar-refractivity contribution is 7.92. The molecule has 0 aromatic carbocycles. The Morgan fingerprint density at radius 2 is 2.10 bits per heavy atom. The monoisotopic (exact) mass is 295 g/mol. The van der Waals surface area contributed by atoms with Gasteiger partial charge in [0.25, 0.3) is 10.0 Å². The van der Waals surface area contributed by atoms with Crippen LogP contribution in [0.3, 0.4) is 0 Å². The molecule has 0 saturated carbocycles. The molecule has 0 aliphatic heterocycles. The van der Waals surface area contributed by atoms with Crippen LogP contribution in [0.4, 0.5) is 5.69 Å². The summed E-state index contributed by atoms with van der Waals surface area (Å²) in [6.07, 6.45) is 4.40. The van der Waals surface area contributed by atoms with Crippen LogP contribution in [-0.4, -0.2) is 29.6 Å². The Balaban J connectivity index is 2.08. The molecule has 2 aromatic heterocycles. The molecule has 0 bridgehead atoms. The van der Waals surface area contributed by atoms with Crippen LogP contribution < -0.4 is 10.0 Å². The summed E-state index contributed by atoms with van der Waals surface area (Å²) >= 11 is 0. The van der Waals surface area contributed by atoms with Crippen LogP contribution in [0.15, 0.2) is 35.7 Å². The number of anilines is 1. The number of nitrogens with zero attached hydrogens (tertiary/aromatic N) is 2. The lowest BCUT2D eigenvalue weighted by molar-refractivity contribution is 0.585. The zero-order valence-electron chi connectivity index (χ0n) is 11.3. The largest absolute Gasteiger partial charge is 0.310 e. The van der Waals surface area contributed by atoms with E-state index in [9.17, 15) is 8.42 Å². The van der Waals surface area contributed by atoms with E-state index in [4.69, 9.17) is 0 Å². The van der Waals surface area contributed by atoms with E-state index in [0.717, 1.165) is 5.56 Å². The Labute approximate surface area is 117 Å². The van der Waals surface area contributed by atoms with E-state index in [1.54, 1.807) is 12.3 Å². The fraction of sp³-hybridized carbons (Fsp3) is 0.333. The molecule has 0 aliphatic rings. The Kier molecular flexibility index (Phi) is 4.35. The van der Waals surface area contributed by atoms with Crippen molar-refractivity contribution in [1.29, 1.82) is 0 Å². The summed E-state index contributed by atoms with van der Waals surface area (Å²) in [5, 5.41) is 9.43. The predicted molar refractivity (Wildman–Crippen MR) is 75.6 cm³/mol. The summed E-state index contributed by atoms with van der Waals surface area (Å²) in [6.45, 7) is 4.74. The molecule has 0 amide bonds. The van der Waals surface area contributed by atoms with Gasteiger partial charge in [-0.3, -0.25) is 9.82 Å². The highest BCUT2D eigenvalue weighted by Gasteiger charge is 2.16. The first-order chi connectivity index (χ1) is 9.47. The Bertz CT molecular complexity index is 635. The number of hydrogen-bond donors (Lipinski definition) is 3. The van der Waals surface area contributed by atoms with Crippen LogP contribution in [0.5, 0.6) is 0 Å². The fourth-order valence-corrected chi connectivity index (χ4v) is 2.48. The SMILES string of the molecule is CC(C)NCc1ccc(S(=O)(=O)Nc2cn[nH]c2)nc1. The fourth-order valence-electron chi connectivity index (χ4n) is 1.51. The van der Waals surface area contributed by atoms with Crippen molar-refractivity contribution in [3.63, 3.8) is 0 Å². The van der Waals surface area contributed by atoms with Gasteiger partial charge in [0.15, 0.2) is 5.03 Å². The molecule has 7 nitrogen and oxygen atoms in total. The number of nitrogens with one attached hydrogen (secondary N) is 3. The van der Waals surface area contributed by atoms with Crippen molar-refractivity contribution in [2.45, 2.75) is 31.5 Å². The topological polar surface area (TPSA) is 99.8 Å². The number of sulfonamides is 1. The molecule has 2 heterocycles. The maximum absolute atomic E-state index is 12.0. The van der Waals surface area contributed by atoms with Crippen LogP contribution in [-0.2, 0) is 16.6 Å².